The summed E-state index contributed by atoms with van der Waals surface area (Å²) in [7, 11) is 0. The van der Waals surface area contributed by atoms with Gasteiger partial charge in [0.25, 0.3) is 0 Å². The average Bonchev–Trinajstić information content (AvgIpc) is 2.44. The van der Waals surface area contributed by atoms with Crippen LogP contribution in [0, 0.1) is 5.41 Å². The molecule has 1 aliphatic heterocycles. The molecule has 0 aromatic heterocycles. The minimum absolute atomic E-state index is 0.228. The van der Waals surface area contributed by atoms with Gasteiger partial charge in [-0.3, -0.25) is 9.69 Å². The molecule has 0 N–H and O–H groups in total. The fourth-order valence-corrected chi connectivity index (χ4v) is 2.23. The molecular weight excluding hydrogens is 174 g/mol. The third-order valence-corrected chi connectivity index (χ3v) is 3.82. The summed E-state index contributed by atoms with van der Waals surface area (Å²) in [6, 6.07) is 0. The second kappa shape index (κ2) is 3.65. The van der Waals surface area contributed by atoms with Crippen molar-refractivity contribution in [1.29, 1.82) is 0 Å². The van der Waals surface area contributed by atoms with Crippen LogP contribution in [0.4, 0.5) is 0 Å². The van der Waals surface area contributed by atoms with E-state index in [4.69, 9.17) is 0 Å². The first kappa shape index (κ1) is 11.7. The molecule has 0 radical (unpaired) electrons. The molecule has 1 aliphatic rings. The Bertz CT molecular complexity index is 234. The van der Waals surface area contributed by atoms with Crippen LogP contribution in [0.2, 0.25) is 0 Å². The first-order valence-corrected chi connectivity index (χ1v) is 5.58. The molecule has 2 heteroatoms. The quantitative estimate of drug-likeness (QED) is 0.692. The molecule has 0 amide bonds. The normalized spacial score (nSPS) is 26.1. The molecule has 1 heterocycles. The predicted octanol–water partition coefficient (Wildman–Crippen LogP) is 2.48. The van der Waals surface area contributed by atoms with Crippen molar-refractivity contribution in [2.45, 2.75) is 53.0 Å². The Morgan fingerprint density at radius 3 is 2.36 bits per heavy atom. The average molecular weight is 197 g/mol. The van der Waals surface area contributed by atoms with Crippen LogP contribution < -0.4 is 0 Å². The Hall–Kier alpha value is -0.370. The van der Waals surface area contributed by atoms with E-state index in [-0.39, 0.29) is 5.54 Å². The standard InChI is InChI=1S/C12H23NO/c1-6-12(5,10(2)14)13-8-7-11(3,4)9-13/h6-9H2,1-5H3. The highest BCUT2D eigenvalue weighted by Gasteiger charge is 2.41. The van der Waals surface area contributed by atoms with Gasteiger partial charge >= 0.3 is 0 Å². The fraction of sp³-hybridized carbons (Fsp3) is 0.917. The number of carbonyl (C=O) groups excluding carboxylic acids is 1. The van der Waals surface area contributed by atoms with Crippen molar-refractivity contribution < 1.29 is 4.79 Å². The van der Waals surface area contributed by atoms with E-state index in [0.717, 1.165) is 19.5 Å². The molecule has 1 saturated heterocycles. The van der Waals surface area contributed by atoms with Gasteiger partial charge < -0.3 is 0 Å². The number of nitrogens with zero attached hydrogens (tertiary/aromatic N) is 1. The summed E-state index contributed by atoms with van der Waals surface area (Å²) >= 11 is 0. The number of carbonyl (C=O) groups is 1. The summed E-state index contributed by atoms with van der Waals surface area (Å²) in [6.07, 6.45) is 2.12. The van der Waals surface area contributed by atoms with E-state index < -0.39 is 0 Å². The molecule has 14 heavy (non-hydrogen) atoms. The fourth-order valence-electron chi connectivity index (χ4n) is 2.23. The molecule has 0 spiro atoms. The maximum atomic E-state index is 11.7. The zero-order valence-corrected chi connectivity index (χ0v) is 10.2. The number of ketones is 1. The summed E-state index contributed by atoms with van der Waals surface area (Å²) in [4.78, 5) is 14.0. The smallest absolute Gasteiger partial charge is 0.149 e. The van der Waals surface area contributed by atoms with Crippen molar-refractivity contribution in [2.75, 3.05) is 13.1 Å². The van der Waals surface area contributed by atoms with Crippen LogP contribution in [0.1, 0.15) is 47.5 Å². The number of hydrogen-bond acceptors (Lipinski definition) is 2. The van der Waals surface area contributed by atoms with Gasteiger partial charge in [0.15, 0.2) is 0 Å². The monoisotopic (exact) mass is 197 g/mol. The number of likely N-dealkylation sites (tertiary alicyclic amines) is 1. The highest BCUT2D eigenvalue weighted by Crippen LogP contribution is 2.35. The molecule has 1 fully saturated rings. The van der Waals surface area contributed by atoms with E-state index in [0.29, 0.717) is 11.2 Å². The summed E-state index contributed by atoms with van der Waals surface area (Å²) in [5.74, 6) is 0.303. The third-order valence-electron chi connectivity index (χ3n) is 3.82. The first-order chi connectivity index (χ1) is 6.32. The Morgan fingerprint density at radius 1 is 1.50 bits per heavy atom. The summed E-state index contributed by atoms with van der Waals surface area (Å²) in [5.41, 5.74) is 0.152. The summed E-state index contributed by atoms with van der Waals surface area (Å²) in [5, 5.41) is 0. The van der Waals surface area contributed by atoms with Crippen LogP contribution in [0.15, 0.2) is 0 Å². The van der Waals surface area contributed by atoms with E-state index in [1.54, 1.807) is 6.92 Å². The largest absolute Gasteiger partial charge is 0.298 e. The van der Waals surface area contributed by atoms with Crippen LogP contribution in [0.25, 0.3) is 0 Å². The Balaban J connectivity index is 2.78. The molecule has 2 nitrogen and oxygen atoms in total. The van der Waals surface area contributed by atoms with Crippen molar-refractivity contribution >= 4 is 5.78 Å². The van der Waals surface area contributed by atoms with Gasteiger partial charge in [-0.25, -0.2) is 0 Å². The van der Waals surface area contributed by atoms with Crippen molar-refractivity contribution in [3.63, 3.8) is 0 Å². The van der Waals surface area contributed by atoms with Crippen molar-refractivity contribution in [3.8, 4) is 0 Å². The van der Waals surface area contributed by atoms with E-state index in [1.807, 2.05) is 0 Å². The van der Waals surface area contributed by atoms with Gasteiger partial charge in [0, 0.05) is 6.54 Å². The van der Waals surface area contributed by atoms with Gasteiger partial charge in [0.1, 0.15) is 5.78 Å². The molecule has 0 aromatic carbocycles. The van der Waals surface area contributed by atoms with Crippen LogP contribution in [0.3, 0.4) is 0 Å². The predicted molar refractivity (Wildman–Crippen MR) is 59.3 cm³/mol. The lowest BCUT2D eigenvalue weighted by atomic mass is 9.90. The van der Waals surface area contributed by atoms with Crippen LogP contribution in [-0.4, -0.2) is 29.3 Å². The maximum Gasteiger partial charge on any atom is 0.149 e. The SMILES string of the molecule is CCC(C)(C(C)=O)N1CCC(C)(C)C1. The van der Waals surface area contributed by atoms with E-state index in [9.17, 15) is 4.79 Å². The third kappa shape index (κ3) is 2.00. The number of hydrogen-bond donors (Lipinski definition) is 0. The van der Waals surface area contributed by atoms with Crippen LogP contribution >= 0.6 is 0 Å². The van der Waals surface area contributed by atoms with Crippen LogP contribution in [0.5, 0.6) is 0 Å². The van der Waals surface area contributed by atoms with Gasteiger partial charge in [0.05, 0.1) is 5.54 Å². The molecule has 0 saturated carbocycles. The summed E-state index contributed by atoms with van der Waals surface area (Å²) in [6.45, 7) is 12.6. The highest BCUT2D eigenvalue weighted by molar-refractivity contribution is 5.85. The lowest BCUT2D eigenvalue weighted by Crippen LogP contribution is -2.50. The highest BCUT2D eigenvalue weighted by atomic mass is 16.1. The van der Waals surface area contributed by atoms with Gasteiger partial charge in [0.2, 0.25) is 0 Å². The van der Waals surface area contributed by atoms with Gasteiger partial charge in [-0.05, 0) is 38.6 Å². The molecule has 0 aliphatic carbocycles. The van der Waals surface area contributed by atoms with Gasteiger partial charge in [-0.1, -0.05) is 20.8 Å². The lowest BCUT2D eigenvalue weighted by Gasteiger charge is -2.36. The van der Waals surface area contributed by atoms with E-state index >= 15 is 0 Å². The van der Waals surface area contributed by atoms with Crippen molar-refractivity contribution in [3.05, 3.63) is 0 Å². The minimum atomic E-state index is -0.228. The molecule has 1 unspecified atom stereocenters. The minimum Gasteiger partial charge on any atom is -0.298 e. The molecule has 0 aromatic rings. The Labute approximate surface area is 87.7 Å². The van der Waals surface area contributed by atoms with Gasteiger partial charge in [-0.2, -0.15) is 0 Å². The Morgan fingerprint density at radius 2 is 2.07 bits per heavy atom. The van der Waals surface area contributed by atoms with Crippen molar-refractivity contribution in [2.24, 2.45) is 5.41 Å². The second-order valence-electron chi connectivity index (χ2n) is 5.52. The number of rotatable bonds is 3. The molecule has 82 valence electrons. The Kier molecular flexibility index (Phi) is 3.05. The van der Waals surface area contributed by atoms with Gasteiger partial charge in [-0.15, -0.1) is 0 Å². The van der Waals surface area contributed by atoms with E-state index in [1.165, 1.54) is 6.42 Å². The zero-order chi connectivity index (χ0) is 11.0. The summed E-state index contributed by atoms with van der Waals surface area (Å²) < 4.78 is 0. The van der Waals surface area contributed by atoms with Crippen molar-refractivity contribution in [1.82, 2.24) is 4.90 Å². The molecule has 1 rings (SSSR count). The van der Waals surface area contributed by atoms with E-state index in [2.05, 4.69) is 32.6 Å². The topological polar surface area (TPSA) is 20.3 Å². The maximum absolute atomic E-state index is 11.7. The second-order valence-corrected chi connectivity index (χ2v) is 5.52. The van der Waals surface area contributed by atoms with Crippen LogP contribution in [-0.2, 0) is 4.79 Å². The number of Topliss-reactive ketones (excluding diaryl/α,β-unsaturated/α-hetero) is 1. The zero-order valence-electron chi connectivity index (χ0n) is 10.2. The molecular formula is C12H23NO. The molecule has 1 atom stereocenters. The first-order valence-electron chi connectivity index (χ1n) is 5.58. The lowest BCUT2D eigenvalue weighted by molar-refractivity contribution is -0.128. The molecule has 0 bridgehead atoms.